The molecule has 0 radical (unpaired) electrons. The van der Waals surface area contributed by atoms with E-state index in [1.807, 2.05) is 91.0 Å². The number of nitrogens with zero attached hydrogens (tertiary/aromatic N) is 2. The minimum atomic E-state index is -4.02. The van der Waals surface area contributed by atoms with Gasteiger partial charge in [-0.25, -0.2) is 8.42 Å². The Labute approximate surface area is 199 Å². The van der Waals surface area contributed by atoms with Gasteiger partial charge in [0.1, 0.15) is 12.2 Å². The monoisotopic (exact) mass is 468 g/mol. The maximum atomic E-state index is 14.1. The molecule has 34 heavy (non-hydrogen) atoms. The second-order valence-corrected chi connectivity index (χ2v) is 10.0. The van der Waals surface area contributed by atoms with Crippen LogP contribution in [0.2, 0.25) is 0 Å². The van der Waals surface area contributed by atoms with Crippen LogP contribution in [-0.4, -0.2) is 23.5 Å². The van der Waals surface area contributed by atoms with Gasteiger partial charge in [0.15, 0.2) is 0 Å². The lowest BCUT2D eigenvalue weighted by Crippen LogP contribution is -2.36. The lowest BCUT2D eigenvalue weighted by Gasteiger charge is -2.31. The zero-order chi connectivity index (χ0) is 23.5. The number of hydrogen-bond acceptors (Lipinski definition) is 3. The number of sulfonamides is 1. The summed E-state index contributed by atoms with van der Waals surface area (Å²) in [5.74, 6) is -0.247. The van der Waals surface area contributed by atoms with Gasteiger partial charge in [0.2, 0.25) is 15.9 Å². The van der Waals surface area contributed by atoms with E-state index in [-0.39, 0.29) is 10.8 Å². The Morgan fingerprint density at radius 3 is 1.65 bits per heavy atom. The third kappa shape index (κ3) is 4.02. The molecule has 0 aliphatic carbocycles. The average molecular weight is 469 g/mol. The number of carbonyl (C=O) groups is 1. The zero-order valence-electron chi connectivity index (χ0n) is 18.4. The highest BCUT2D eigenvalue weighted by Gasteiger charge is 2.53. The molecule has 0 spiro atoms. The summed E-state index contributed by atoms with van der Waals surface area (Å²) in [4.78, 5) is 15.8. The van der Waals surface area contributed by atoms with E-state index >= 15 is 0 Å². The lowest BCUT2D eigenvalue weighted by atomic mass is 10.1. The van der Waals surface area contributed by atoms with E-state index in [0.29, 0.717) is 12.1 Å². The largest absolute Gasteiger partial charge is 0.316 e. The molecule has 5 nitrogen and oxygen atoms in total. The van der Waals surface area contributed by atoms with Gasteiger partial charge in [-0.3, -0.25) is 4.79 Å². The van der Waals surface area contributed by atoms with E-state index in [4.69, 9.17) is 0 Å². The standard InChI is InChI=1S/C28H24N2O3S/c31-28-26(23-15-7-2-8-16-23)30(34(32,33)25-19-11-4-12-20-25)27(24-17-9-3-10-18-24)29(28)21-22-13-5-1-6-14-22/h1-20,26-27H,21H2/t26-,27+/m0/s1. The Hall–Kier alpha value is -3.74. The molecule has 5 rings (SSSR count). The molecule has 0 unspecified atom stereocenters. The molecule has 1 fully saturated rings. The van der Waals surface area contributed by atoms with Gasteiger partial charge in [-0.1, -0.05) is 109 Å². The van der Waals surface area contributed by atoms with Gasteiger partial charge >= 0.3 is 0 Å². The maximum Gasteiger partial charge on any atom is 0.247 e. The second-order valence-electron chi connectivity index (χ2n) is 8.20. The fourth-order valence-corrected chi connectivity index (χ4v) is 6.20. The molecule has 170 valence electrons. The van der Waals surface area contributed by atoms with E-state index in [0.717, 1.165) is 11.1 Å². The molecule has 4 aromatic rings. The SMILES string of the molecule is O=C1[C@H](c2ccccc2)N(S(=O)(=O)c2ccccc2)[C@H](c2ccccc2)N1Cc1ccccc1. The minimum absolute atomic E-state index is 0.159. The number of amides is 1. The molecule has 1 saturated heterocycles. The summed E-state index contributed by atoms with van der Waals surface area (Å²) >= 11 is 0. The predicted molar refractivity (Wildman–Crippen MR) is 131 cm³/mol. The van der Waals surface area contributed by atoms with Crippen LogP contribution in [-0.2, 0) is 21.4 Å². The van der Waals surface area contributed by atoms with Gasteiger partial charge in [0.25, 0.3) is 0 Å². The Morgan fingerprint density at radius 1 is 0.618 bits per heavy atom. The summed E-state index contributed by atoms with van der Waals surface area (Å²) in [5, 5.41) is 0. The van der Waals surface area contributed by atoms with Crippen molar-refractivity contribution in [1.29, 1.82) is 0 Å². The summed E-state index contributed by atoms with van der Waals surface area (Å²) in [5.41, 5.74) is 2.32. The van der Waals surface area contributed by atoms with Crippen LogP contribution < -0.4 is 0 Å². The molecular weight excluding hydrogens is 444 g/mol. The Bertz CT molecular complexity index is 1360. The smallest absolute Gasteiger partial charge is 0.247 e. The van der Waals surface area contributed by atoms with Crippen LogP contribution in [0.1, 0.15) is 28.9 Å². The zero-order valence-corrected chi connectivity index (χ0v) is 19.3. The normalized spacial score (nSPS) is 18.8. The van der Waals surface area contributed by atoms with Crippen molar-refractivity contribution in [2.24, 2.45) is 0 Å². The van der Waals surface area contributed by atoms with E-state index in [1.54, 1.807) is 35.2 Å². The van der Waals surface area contributed by atoms with Crippen molar-refractivity contribution in [3.8, 4) is 0 Å². The highest BCUT2D eigenvalue weighted by Crippen LogP contribution is 2.46. The molecule has 0 aromatic heterocycles. The first-order valence-corrected chi connectivity index (χ1v) is 12.5. The molecule has 1 heterocycles. The molecule has 1 amide bonds. The summed E-state index contributed by atoms with van der Waals surface area (Å²) in [6, 6.07) is 35.5. The number of carbonyl (C=O) groups excluding carboxylic acids is 1. The van der Waals surface area contributed by atoms with Crippen molar-refractivity contribution in [3.63, 3.8) is 0 Å². The molecule has 0 bridgehead atoms. The van der Waals surface area contributed by atoms with Crippen LogP contribution in [0.25, 0.3) is 0 Å². The fraction of sp³-hybridized carbons (Fsp3) is 0.107. The van der Waals surface area contributed by atoms with Gasteiger partial charge in [0.05, 0.1) is 4.90 Å². The highest BCUT2D eigenvalue weighted by molar-refractivity contribution is 7.89. The van der Waals surface area contributed by atoms with Gasteiger partial charge in [-0.2, -0.15) is 4.31 Å². The van der Waals surface area contributed by atoms with Gasteiger partial charge in [0, 0.05) is 6.54 Å². The summed E-state index contributed by atoms with van der Waals surface area (Å²) in [6.07, 6.45) is -0.788. The number of benzene rings is 4. The summed E-state index contributed by atoms with van der Waals surface area (Å²) in [7, 11) is -4.02. The Kier molecular flexibility index (Phi) is 6.01. The third-order valence-electron chi connectivity index (χ3n) is 6.04. The van der Waals surface area contributed by atoms with Gasteiger partial charge < -0.3 is 4.90 Å². The Balaban J connectivity index is 1.72. The van der Waals surface area contributed by atoms with Crippen LogP contribution >= 0.6 is 0 Å². The third-order valence-corrected chi connectivity index (χ3v) is 7.87. The molecule has 1 aliphatic rings. The van der Waals surface area contributed by atoms with E-state index in [1.165, 1.54) is 4.31 Å². The molecular formula is C28H24N2O3S. The van der Waals surface area contributed by atoms with Crippen LogP contribution in [0.4, 0.5) is 0 Å². The van der Waals surface area contributed by atoms with E-state index in [2.05, 4.69) is 0 Å². The summed E-state index contributed by atoms with van der Waals surface area (Å²) in [6.45, 7) is 0.295. The van der Waals surface area contributed by atoms with Crippen molar-refractivity contribution in [2.45, 2.75) is 23.6 Å². The maximum absolute atomic E-state index is 14.1. The number of rotatable bonds is 6. The predicted octanol–water partition coefficient (Wildman–Crippen LogP) is 5.16. The molecule has 2 atom stereocenters. The second kappa shape index (κ2) is 9.25. The first-order chi connectivity index (χ1) is 16.6. The van der Waals surface area contributed by atoms with Crippen molar-refractivity contribution < 1.29 is 13.2 Å². The van der Waals surface area contributed by atoms with Crippen LogP contribution in [0, 0.1) is 0 Å². The van der Waals surface area contributed by atoms with E-state index < -0.39 is 22.2 Å². The average Bonchev–Trinajstić information content (AvgIpc) is 3.19. The van der Waals surface area contributed by atoms with Crippen molar-refractivity contribution >= 4 is 15.9 Å². The Morgan fingerprint density at radius 2 is 1.09 bits per heavy atom. The summed E-state index contributed by atoms with van der Waals surface area (Å²) < 4.78 is 29.6. The molecule has 4 aromatic carbocycles. The molecule has 6 heteroatoms. The van der Waals surface area contributed by atoms with Crippen molar-refractivity contribution in [1.82, 2.24) is 9.21 Å². The van der Waals surface area contributed by atoms with Gasteiger partial charge in [-0.15, -0.1) is 0 Å². The van der Waals surface area contributed by atoms with Gasteiger partial charge in [-0.05, 0) is 28.8 Å². The topological polar surface area (TPSA) is 57.7 Å². The van der Waals surface area contributed by atoms with Crippen molar-refractivity contribution in [2.75, 3.05) is 0 Å². The van der Waals surface area contributed by atoms with Crippen LogP contribution in [0.3, 0.4) is 0 Å². The highest BCUT2D eigenvalue weighted by atomic mass is 32.2. The van der Waals surface area contributed by atoms with Crippen molar-refractivity contribution in [3.05, 3.63) is 138 Å². The lowest BCUT2D eigenvalue weighted by molar-refractivity contribution is -0.130. The first-order valence-electron chi connectivity index (χ1n) is 11.1. The molecule has 0 N–H and O–H groups in total. The first kappa shape index (κ1) is 22.1. The van der Waals surface area contributed by atoms with Crippen LogP contribution in [0.15, 0.2) is 126 Å². The minimum Gasteiger partial charge on any atom is -0.316 e. The van der Waals surface area contributed by atoms with Crippen LogP contribution in [0.5, 0.6) is 0 Å². The van der Waals surface area contributed by atoms with E-state index in [9.17, 15) is 13.2 Å². The molecule has 1 aliphatic heterocycles. The fourth-order valence-electron chi connectivity index (χ4n) is 4.47. The molecule has 0 saturated carbocycles. The quantitative estimate of drug-likeness (QED) is 0.393. The number of hydrogen-bond donors (Lipinski definition) is 0.